The number of urea groups is 1. The van der Waals surface area contributed by atoms with Crippen LogP contribution in [-0.4, -0.2) is 43.7 Å². The van der Waals surface area contributed by atoms with Crippen molar-refractivity contribution in [3.05, 3.63) is 29.0 Å². The Bertz CT molecular complexity index is 727. The molecule has 0 aliphatic carbocycles. The van der Waals surface area contributed by atoms with Crippen LogP contribution in [0.4, 0.5) is 9.18 Å². The lowest BCUT2D eigenvalue weighted by Gasteiger charge is -2.11. The van der Waals surface area contributed by atoms with E-state index >= 15 is 0 Å². The number of hydrogen-bond donors (Lipinski definition) is 2. The molecule has 1 heterocycles. The molecule has 23 heavy (non-hydrogen) atoms. The van der Waals surface area contributed by atoms with Gasteiger partial charge in [0.15, 0.2) is 9.84 Å². The molecule has 1 atom stereocenters. The third-order valence-electron chi connectivity index (χ3n) is 3.08. The summed E-state index contributed by atoms with van der Waals surface area (Å²) < 4.78 is 35.6. The highest BCUT2D eigenvalue weighted by atomic mass is 35.5. The summed E-state index contributed by atoms with van der Waals surface area (Å²) in [5, 5.41) is 4.52. The van der Waals surface area contributed by atoms with Crippen molar-refractivity contribution in [2.24, 2.45) is 0 Å². The molecule has 0 saturated carbocycles. The van der Waals surface area contributed by atoms with Crippen LogP contribution in [-0.2, 0) is 14.6 Å². The van der Waals surface area contributed by atoms with Crippen LogP contribution in [0.3, 0.4) is 0 Å². The largest absolute Gasteiger partial charge is 0.334 e. The number of carbonyl (C=O) groups excluding carboxylic acids is 2. The molecule has 0 aromatic heterocycles. The minimum absolute atomic E-state index is 0.0348. The van der Waals surface area contributed by atoms with Crippen LogP contribution in [0.15, 0.2) is 23.1 Å². The number of imide groups is 1. The number of nitrogens with one attached hydrogen (secondary N) is 2. The van der Waals surface area contributed by atoms with E-state index in [4.69, 9.17) is 11.6 Å². The molecule has 1 saturated heterocycles. The summed E-state index contributed by atoms with van der Waals surface area (Å²) in [7, 11) is -3.10. The van der Waals surface area contributed by atoms with Gasteiger partial charge in [0.25, 0.3) is 0 Å². The summed E-state index contributed by atoms with van der Waals surface area (Å²) in [5.74, 6) is -1.23. The van der Waals surface area contributed by atoms with Crippen LogP contribution in [0.1, 0.15) is 6.42 Å². The molecule has 1 aliphatic heterocycles. The molecule has 10 heteroatoms. The minimum atomic E-state index is -3.10. The van der Waals surface area contributed by atoms with Crippen molar-refractivity contribution in [3.8, 4) is 0 Å². The van der Waals surface area contributed by atoms with Crippen molar-refractivity contribution >= 4 is 45.1 Å². The zero-order valence-corrected chi connectivity index (χ0v) is 14.2. The fraction of sp³-hybridized carbons (Fsp3) is 0.385. The first-order chi connectivity index (χ1) is 10.7. The monoisotopic (exact) mass is 380 g/mol. The van der Waals surface area contributed by atoms with E-state index in [1.54, 1.807) is 0 Å². The van der Waals surface area contributed by atoms with Crippen molar-refractivity contribution in [3.63, 3.8) is 0 Å². The van der Waals surface area contributed by atoms with E-state index in [1.165, 1.54) is 18.2 Å². The molecule has 0 radical (unpaired) electrons. The second-order valence-electron chi connectivity index (χ2n) is 4.99. The van der Waals surface area contributed by atoms with Gasteiger partial charge in [-0.3, -0.25) is 10.1 Å². The summed E-state index contributed by atoms with van der Waals surface area (Å²) in [6.07, 6.45) is 0.340. The average molecular weight is 381 g/mol. The lowest BCUT2D eigenvalue weighted by atomic mass is 10.3. The van der Waals surface area contributed by atoms with Gasteiger partial charge in [-0.2, -0.15) is 0 Å². The highest BCUT2D eigenvalue weighted by molar-refractivity contribution is 8.00. The Balaban J connectivity index is 1.76. The molecule has 1 aromatic rings. The maximum Gasteiger partial charge on any atom is 0.321 e. The van der Waals surface area contributed by atoms with Crippen LogP contribution >= 0.6 is 23.4 Å². The minimum Gasteiger partial charge on any atom is -0.334 e. The van der Waals surface area contributed by atoms with Gasteiger partial charge < -0.3 is 5.32 Å². The predicted molar refractivity (Wildman–Crippen MR) is 85.9 cm³/mol. The maximum absolute atomic E-state index is 13.0. The van der Waals surface area contributed by atoms with Crippen LogP contribution in [0.5, 0.6) is 0 Å². The highest BCUT2D eigenvalue weighted by Crippen LogP contribution is 2.23. The van der Waals surface area contributed by atoms with Crippen LogP contribution < -0.4 is 10.6 Å². The third-order valence-corrected chi connectivity index (χ3v) is 6.13. The van der Waals surface area contributed by atoms with Gasteiger partial charge in [-0.25, -0.2) is 17.6 Å². The van der Waals surface area contributed by atoms with Crippen molar-refractivity contribution < 1.29 is 22.4 Å². The molecule has 2 rings (SSSR count). The first-order valence-electron chi connectivity index (χ1n) is 6.64. The Labute approximate surface area is 142 Å². The third kappa shape index (κ3) is 5.67. The number of halogens is 2. The zero-order chi connectivity index (χ0) is 17.0. The molecule has 6 nitrogen and oxygen atoms in total. The average Bonchev–Trinajstić information content (AvgIpc) is 2.79. The van der Waals surface area contributed by atoms with Crippen LogP contribution in [0.25, 0.3) is 0 Å². The second-order valence-corrected chi connectivity index (χ2v) is 8.67. The van der Waals surface area contributed by atoms with Crippen molar-refractivity contribution in [2.75, 3.05) is 17.3 Å². The Morgan fingerprint density at radius 1 is 1.39 bits per heavy atom. The fourth-order valence-corrected chi connectivity index (χ4v) is 4.66. The Hall–Kier alpha value is -1.32. The highest BCUT2D eigenvalue weighted by Gasteiger charge is 2.29. The lowest BCUT2D eigenvalue weighted by Crippen LogP contribution is -2.45. The van der Waals surface area contributed by atoms with Crippen molar-refractivity contribution in [1.29, 1.82) is 0 Å². The van der Waals surface area contributed by atoms with E-state index in [1.807, 2.05) is 0 Å². The van der Waals surface area contributed by atoms with Gasteiger partial charge in [0.2, 0.25) is 5.91 Å². The van der Waals surface area contributed by atoms with Crippen LogP contribution in [0.2, 0.25) is 5.02 Å². The van der Waals surface area contributed by atoms with Gasteiger partial charge in [-0.15, -0.1) is 11.8 Å². The first kappa shape index (κ1) is 18.0. The summed E-state index contributed by atoms with van der Waals surface area (Å²) >= 11 is 6.73. The molecule has 3 amide bonds. The van der Waals surface area contributed by atoms with E-state index in [9.17, 15) is 22.4 Å². The van der Waals surface area contributed by atoms with E-state index in [0.29, 0.717) is 11.3 Å². The number of sulfone groups is 1. The standard InChI is InChI=1S/C13H14ClFN2O4S2/c14-10-5-9(1-2-11(10)15)22-6-12(18)17-13(19)16-8-3-4-23(20,21)7-8/h1-2,5,8H,3-4,6-7H2,(H2,16,17,18,19). The summed E-state index contributed by atoms with van der Waals surface area (Å²) in [6, 6.07) is 2.85. The van der Waals surface area contributed by atoms with Crippen molar-refractivity contribution in [2.45, 2.75) is 17.4 Å². The topological polar surface area (TPSA) is 92.3 Å². The SMILES string of the molecule is O=C(CSc1ccc(F)c(Cl)c1)NC(=O)NC1CCS(=O)(=O)C1. The van der Waals surface area contributed by atoms with Gasteiger partial charge in [-0.05, 0) is 24.6 Å². The molecule has 0 spiro atoms. The normalized spacial score (nSPS) is 19.3. The molecule has 126 valence electrons. The van der Waals surface area contributed by atoms with Gasteiger partial charge in [0.1, 0.15) is 5.82 Å². The lowest BCUT2D eigenvalue weighted by molar-refractivity contribution is -0.117. The Morgan fingerprint density at radius 3 is 2.74 bits per heavy atom. The number of benzene rings is 1. The molecule has 1 unspecified atom stereocenters. The Kier molecular flexibility index (Phi) is 5.88. The number of thioether (sulfide) groups is 1. The van der Waals surface area contributed by atoms with E-state index < -0.39 is 33.6 Å². The number of hydrogen-bond acceptors (Lipinski definition) is 5. The van der Waals surface area contributed by atoms with E-state index in [0.717, 1.165) is 11.8 Å². The predicted octanol–water partition coefficient (Wildman–Crippen LogP) is 1.58. The van der Waals surface area contributed by atoms with Gasteiger partial charge in [0, 0.05) is 10.9 Å². The van der Waals surface area contributed by atoms with E-state index in [2.05, 4.69) is 10.6 Å². The van der Waals surface area contributed by atoms with Gasteiger partial charge in [-0.1, -0.05) is 11.6 Å². The van der Waals surface area contributed by atoms with Crippen molar-refractivity contribution in [1.82, 2.24) is 10.6 Å². The van der Waals surface area contributed by atoms with Gasteiger partial charge >= 0.3 is 6.03 Å². The quantitative estimate of drug-likeness (QED) is 0.774. The molecular weight excluding hydrogens is 367 g/mol. The van der Waals surface area contributed by atoms with Crippen LogP contribution in [0, 0.1) is 5.82 Å². The molecule has 1 fully saturated rings. The zero-order valence-electron chi connectivity index (χ0n) is 11.8. The van der Waals surface area contributed by atoms with E-state index in [-0.39, 0.29) is 22.3 Å². The first-order valence-corrected chi connectivity index (χ1v) is 9.82. The summed E-state index contributed by atoms with van der Waals surface area (Å²) in [4.78, 5) is 23.9. The molecule has 1 aromatic carbocycles. The summed E-state index contributed by atoms with van der Waals surface area (Å²) in [5.41, 5.74) is 0. The molecule has 2 N–H and O–H groups in total. The smallest absolute Gasteiger partial charge is 0.321 e. The second kappa shape index (κ2) is 7.50. The number of carbonyl (C=O) groups is 2. The molecule has 0 bridgehead atoms. The fourth-order valence-electron chi connectivity index (χ4n) is 2.01. The van der Waals surface area contributed by atoms with Gasteiger partial charge in [0.05, 0.1) is 22.3 Å². The molecular formula is C13H14ClFN2O4S2. The number of rotatable bonds is 4. The summed E-state index contributed by atoms with van der Waals surface area (Å²) in [6.45, 7) is 0. The molecule has 1 aliphatic rings. The number of amides is 3. The Morgan fingerprint density at radius 2 is 2.13 bits per heavy atom. The maximum atomic E-state index is 13.0.